The maximum atomic E-state index is 12.9. The van der Waals surface area contributed by atoms with Gasteiger partial charge < -0.3 is 14.4 Å². The van der Waals surface area contributed by atoms with Gasteiger partial charge in [0, 0.05) is 56.9 Å². The largest absolute Gasteiger partial charge is 0.353 e. The van der Waals surface area contributed by atoms with Crippen LogP contribution in [-0.2, 0) is 19.5 Å². The van der Waals surface area contributed by atoms with Gasteiger partial charge in [0.05, 0.1) is 16.1 Å². The molecule has 0 amide bonds. The van der Waals surface area contributed by atoms with Crippen molar-refractivity contribution >= 4 is 43.2 Å². The first-order valence-corrected chi connectivity index (χ1v) is 16.2. The highest BCUT2D eigenvalue weighted by Crippen LogP contribution is 2.30. The van der Waals surface area contributed by atoms with E-state index in [-0.39, 0.29) is 23.5 Å². The Labute approximate surface area is 248 Å². The Hall–Kier alpha value is -2.67. The lowest BCUT2D eigenvalue weighted by Crippen LogP contribution is -2.47. The molecule has 5 rings (SSSR count). The van der Waals surface area contributed by atoms with E-state index < -0.39 is 10.0 Å². The fourth-order valence-corrected chi connectivity index (χ4v) is 7.30. The third-order valence-corrected chi connectivity index (χ3v) is 9.56. The fraction of sp³-hybridized carbons (Fsp3) is 0.467. The van der Waals surface area contributed by atoms with Crippen LogP contribution in [-0.4, -0.2) is 93.1 Å². The molecule has 0 saturated carbocycles. The van der Waals surface area contributed by atoms with E-state index in [1.54, 1.807) is 18.2 Å². The molecular weight excluding hydrogens is 560 g/mol. The van der Waals surface area contributed by atoms with Crippen molar-refractivity contribution in [3.8, 4) is 0 Å². The van der Waals surface area contributed by atoms with Crippen LogP contribution < -0.4 is 4.90 Å². The zero-order chi connectivity index (χ0) is 29.8. The van der Waals surface area contributed by atoms with Crippen molar-refractivity contribution in [2.45, 2.75) is 38.4 Å². The predicted octanol–water partition coefficient (Wildman–Crippen LogP) is 4.90. The molecule has 3 aromatic rings. The molecule has 41 heavy (non-hydrogen) atoms. The van der Waals surface area contributed by atoms with Crippen molar-refractivity contribution in [2.24, 2.45) is 0 Å². The van der Waals surface area contributed by atoms with Gasteiger partial charge in [-0.15, -0.1) is 13.2 Å². The van der Waals surface area contributed by atoms with Gasteiger partial charge in [0.25, 0.3) is 0 Å². The number of anilines is 1. The lowest BCUT2D eigenvalue weighted by molar-refractivity contribution is -0.123. The van der Waals surface area contributed by atoms with E-state index in [0.29, 0.717) is 18.5 Å². The summed E-state index contributed by atoms with van der Waals surface area (Å²) in [7, 11) is -3.60. The number of benzene rings is 2. The molecule has 224 valence electrons. The van der Waals surface area contributed by atoms with Gasteiger partial charge in [-0.2, -0.15) is 8.68 Å². The van der Waals surface area contributed by atoms with E-state index in [1.807, 2.05) is 32.9 Å². The highest BCUT2D eigenvalue weighted by molar-refractivity contribution is 7.89. The quantitative estimate of drug-likeness (QED) is 0.252. The van der Waals surface area contributed by atoms with E-state index in [4.69, 9.17) is 9.47 Å². The second-order valence-corrected chi connectivity index (χ2v) is 12.1. The molecule has 2 aliphatic heterocycles. The molecule has 0 unspecified atom stereocenters. The molecule has 1 fully saturated rings. The Morgan fingerprint density at radius 1 is 0.951 bits per heavy atom. The normalized spacial score (nSPS) is 17.0. The van der Waals surface area contributed by atoms with Crippen molar-refractivity contribution in [1.29, 1.82) is 0 Å². The van der Waals surface area contributed by atoms with E-state index in [0.717, 1.165) is 51.8 Å². The predicted molar refractivity (Wildman–Crippen MR) is 166 cm³/mol. The third-order valence-electron chi connectivity index (χ3n) is 6.84. The Kier molecular flexibility index (Phi) is 12.9. The van der Waals surface area contributed by atoms with Gasteiger partial charge in [0.2, 0.25) is 10.0 Å². The molecule has 1 aromatic heterocycles. The summed E-state index contributed by atoms with van der Waals surface area (Å²) in [6.07, 6.45) is 0.666. The standard InChI is InChI=1S/C22H24N4O3S2.C6H14O2.C2H4/c27-19-16-26(31(28,29)21-9-4-2-6-17(19)21)11-5-10-24-12-14-25(15-13-24)22-18-7-1-3-8-20(18)30-23-22;1-4-7-6(3)8-5-2;1-2/h1-4,6-9H,5,10-16H2;6H,4-5H2,1-3H3;1-2H2. The average Bonchev–Trinajstić information content (AvgIpc) is 3.42. The SMILES string of the molecule is C=C.CCOC(C)OCC.O=C1CN(CCCN2CCN(c3nsc4ccccc34)CC2)S(=O)(=O)c2ccccc21. The zero-order valence-electron chi connectivity index (χ0n) is 24.3. The number of carbonyl (C=O) groups is 1. The summed E-state index contributed by atoms with van der Waals surface area (Å²) < 4.78 is 43.0. The third kappa shape index (κ3) is 8.43. The van der Waals surface area contributed by atoms with Crippen LogP contribution in [0.1, 0.15) is 37.6 Å². The summed E-state index contributed by atoms with van der Waals surface area (Å²) in [5.74, 6) is 0.936. The van der Waals surface area contributed by atoms with Crippen LogP contribution in [0.25, 0.3) is 10.1 Å². The Balaban J connectivity index is 0.000000402. The number of rotatable bonds is 9. The maximum Gasteiger partial charge on any atom is 0.244 e. The highest BCUT2D eigenvalue weighted by Gasteiger charge is 2.35. The molecule has 0 aliphatic carbocycles. The first-order chi connectivity index (χ1) is 19.8. The number of carbonyl (C=O) groups excluding carboxylic acids is 1. The number of piperazine rings is 1. The highest BCUT2D eigenvalue weighted by atomic mass is 32.2. The number of aromatic nitrogens is 1. The molecule has 2 aromatic carbocycles. The minimum atomic E-state index is -3.60. The van der Waals surface area contributed by atoms with Gasteiger partial charge in [0.15, 0.2) is 12.1 Å². The van der Waals surface area contributed by atoms with Crippen LogP contribution in [0.4, 0.5) is 5.82 Å². The second kappa shape index (κ2) is 16.1. The molecule has 0 bridgehead atoms. The number of fused-ring (bicyclic) bond motifs is 2. The lowest BCUT2D eigenvalue weighted by Gasteiger charge is -2.35. The number of hydrogen-bond donors (Lipinski definition) is 0. The summed E-state index contributed by atoms with van der Waals surface area (Å²) in [6.45, 7) is 18.0. The number of nitrogens with zero attached hydrogens (tertiary/aromatic N) is 4. The molecule has 9 nitrogen and oxygen atoms in total. The molecule has 2 aliphatic rings. The fourth-order valence-electron chi connectivity index (χ4n) is 4.86. The first-order valence-electron chi connectivity index (χ1n) is 14.0. The summed E-state index contributed by atoms with van der Waals surface area (Å²) in [4.78, 5) is 17.2. The summed E-state index contributed by atoms with van der Waals surface area (Å²) >= 11 is 1.54. The average molecular weight is 603 g/mol. The van der Waals surface area contributed by atoms with Crippen molar-refractivity contribution < 1.29 is 22.7 Å². The molecule has 0 spiro atoms. The maximum absolute atomic E-state index is 12.9. The lowest BCUT2D eigenvalue weighted by atomic mass is 10.1. The number of ketones is 1. The van der Waals surface area contributed by atoms with E-state index >= 15 is 0 Å². The number of ether oxygens (including phenoxy) is 2. The molecule has 0 atom stereocenters. The van der Waals surface area contributed by atoms with Crippen LogP contribution >= 0.6 is 11.5 Å². The number of sulfonamides is 1. The van der Waals surface area contributed by atoms with Crippen molar-refractivity contribution in [1.82, 2.24) is 13.6 Å². The van der Waals surface area contributed by atoms with Crippen molar-refractivity contribution in [2.75, 3.05) is 63.9 Å². The van der Waals surface area contributed by atoms with E-state index in [2.05, 4.69) is 39.5 Å². The molecule has 3 heterocycles. The van der Waals surface area contributed by atoms with Gasteiger partial charge in [-0.05, 0) is 69.5 Å². The Morgan fingerprint density at radius 3 is 2.27 bits per heavy atom. The minimum absolute atomic E-state index is 0.0370. The first kappa shape index (κ1) is 32.8. The topological polar surface area (TPSA) is 92.3 Å². The summed E-state index contributed by atoms with van der Waals surface area (Å²) in [5.41, 5.74) is 0.310. The van der Waals surface area contributed by atoms with Crippen molar-refractivity contribution in [3.05, 3.63) is 67.3 Å². The molecule has 0 N–H and O–H groups in total. The summed E-state index contributed by atoms with van der Waals surface area (Å²) in [6, 6.07) is 14.8. The molecule has 0 radical (unpaired) electrons. The van der Waals surface area contributed by atoms with Crippen molar-refractivity contribution in [3.63, 3.8) is 0 Å². The van der Waals surface area contributed by atoms with Crippen LogP contribution in [0, 0.1) is 0 Å². The molecular formula is C30H42N4O5S2. The number of Topliss-reactive ketones (excluding diaryl/α,β-unsaturated/α-hetero) is 1. The second-order valence-electron chi connectivity index (χ2n) is 9.42. The molecule has 11 heteroatoms. The minimum Gasteiger partial charge on any atom is -0.353 e. The van der Waals surface area contributed by atoms with Crippen LogP contribution in [0.5, 0.6) is 0 Å². The smallest absolute Gasteiger partial charge is 0.244 e. The molecule has 1 saturated heterocycles. The number of hydrogen-bond acceptors (Lipinski definition) is 9. The van der Waals surface area contributed by atoms with Gasteiger partial charge >= 0.3 is 0 Å². The van der Waals surface area contributed by atoms with Crippen LogP contribution in [0.2, 0.25) is 0 Å². The van der Waals surface area contributed by atoms with E-state index in [9.17, 15) is 13.2 Å². The van der Waals surface area contributed by atoms with Crippen LogP contribution in [0.15, 0.2) is 66.6 Å². The van der Waals surface area contributed by atoms with Gasteiger partial charge in [-0.3, -0.25) is 9.69 Å². The van der Waals surface area contributed by atoms with Gasteiger partial charge in [-0.1, -0.05) is 24.3 Å². The Bertz CT molecular complexity index is 1350. The van der Waals surface area contributed by atoms with Gasteiger partial charge in [0.1, 0.15) is 5.82 Å². The van der Waals surface area contributed by atoms with Gasteiger partial charge in [-0.25, -0.2) is 8.42 Å². The monoisotopic (exact) mass is 602 g/mol. The van der Waals surface area contributed by atoms with Crippen LogP contribution in [0.3, 0.4) is 0 Å². The zero-order valence-corrected chi connectivity index (χ0v) is 26.0. The summed E-state index contributed by atoms with van der Waals surface area (Å²) in [5, 5.41) is 1.21. The Morgan fingerprint density at radius 2 is 1.59 bits per heavy atom. The van der Waals surface area contributed by atoms with E-state index in [1.165, 1.54) is 32.0 Å².